The molecule has 3 aromatic carbocycles. The summed E-state index contributed by atoms with van der Waals surface area (Å²) >= 11 is 8.47. The molecule has 1 fully saturated rings. The van der Waals surface area contributed by atoms with Gasteiger partial charge in [0.15, 0.2) is 4.34 Å². The van der Waals surface area contributed by atoms with Crippen molar-refractivity contribution >= 4 is 63.0 Å². The Hall–Kier alpha value is -4.06. The number of aryl methyl sites for hydroxylation is 2. The largest absolute Gasteiger partial charge is 0.507 e. The number of carbonyl (C=O) groups excluding carboxylic acids is 2. The Morgan fingerprint density at radius 1 is 1.10 bits per heavy atom. The molecule has 0 aliphatic carbocycles. The molecule has 0 saturated carbocycles. The minimum atomic E-state index is -1.15. The second-order valence-electron chi connectivity index (χ2n) is 9.11. The molecule has 1 aliphatic rings. The van der Waals surface area contributed by atoms with E-state index in [1.165, 1.54) is 30.0 Å². The van der Waals surface area contributed by atoms with Crippen LogP contribution in [0.4, 0.5) is 10.8 Å². The van der Waals surface area contributed by atoms with Crippen LogP contribution in [0, 0.1) is 24.0 Å². The number of amides is 1. The van der Waals surface area contributed by atoms with Crippen LogP contribution < -0.4 is 4.90 Å². The number of benzene rings is 3. The minimum absolute atomic E-state index is 0.136. The van der Waals surface area contributed by atoms with Crippen molar-refractivity contribution in [1.82, 2.24) is 10.2 Å². The number of ketones is 1. The second kappa shape index (κ2) is 11.2. The quantitative estimate of drug-likeness (QED) is 0.0481. The lowest BCUT2D eigenvalue weighted by Gasteiger charge is -2.22. The monoisotopic (exact) mass is 592 g/mol. The highest BCUT2D eigenvalue weighted by atomic mass is 35.5. The van der Waals surface area contributed by atoms with Crippen LogP contribution in [0.2, 0.25) is 5.02 Å². The van der Waals surface area contributed by atoms with E-state index in [9.17, 15) is 24.8 Å². The molecule has 1 amide bonds. The summed E-state index contributed by atoms with van der Waals surface area (Å²) in [5.41, 5.74) is 2.84. The van der Waals surface area contributed by atoms with Gasteiger partial charge >= 0.3 is 5.91 Å². The molecule has 0 spiro atoms. The van der Waals surface area contributed by atoms with Crippen molar-refractivity contribution in [3.8, 4) is 0 Å². The van der Waals surface area contributed by atoms with Crippen LogP contribution in [0.25, 0.3) is 5.76 Å². The Kier molecular flexibility index (Phi) is 7.70. The number of nitro benzene ring substituents is 1. The normalized spacial score (nSPS) is 16.5. The molecule has 1 N–H and O–H groups in total. The number of nitrogens with zero attached hydrogens (tertiary/aromatic N) is 4. The molecule has 1 atom stereocenters. The third kappa shape index (κ3) is 5.35. The van der Waals surface area contributed by atoms with Gasteiger partial charge in [-0.25, -0.2) is 0 Å². The number of hydrogen-bond acceptors (Lipinski definition) is 9. The molecule has 0 bridgehead atoms. The van der Waals surface area contributed by atoms with Gasteiger partial charge < -0.3 is 5.11 Å². The van der Waals surface area contributed by atoms with E-state index in [0.29, 0.717) is 26.2 Å². The number of halogens is 1. The van der Waals surface area contributed by atoms with Crippen LogP contribution in [-0.2, 0) is 15.3 Å². The van der Waals surface area contributed by atoms with Gasteiger partial charge in [0, 0.05) is 28.5 Å². The van der Waals surface area contributed by atoms with E-state index in [1.807, 2.05) is 25.1 Å². The minimum Gasteiger partial charge on any atom is -0.507 e. The molecule has 5 rings (SSSR count). The Morgan fingerprint density at radius 2 is 1.85 bits per heavy atom. The Balaban J connectivity index is 1.59. The van der Waals surface area contributed by atoms with E-state index in [1.54, 1.807) is 37.3 Å². The fourth-order valence-electron chi connectivity index (χ4n) is 4.37. The summed E-state index contributed by atoms with van der Waals surface area (Å²) < 4.78 is 0.555. The van der Waals surface area contributed by atoms with E-state index in [4.69, 9.17) is 11.6 Å². The molecule has 1 saturated heterocycles. The first-order valence-corrected chi connectivity index (χ1v) is 14.2. The molecule has 4 aromatic rings. The fourth-order valence-corrected chi connectivity index (χ4v) is 6.32. The smallest absolute Gasteiger partial charge is 0.301 e. The van der Waals surface area contributed by atoms with E-state index in [-0.39, 0.29) is 27.7 Å². The molecule has 12 heteroatoms. The SMILES string of the molecule is Cc1ccc(C)c(C(O)=C2C(=O)C(=O)N(c3nnc(SCc4ccc(Cl)cc4)s3)C2c2cccc([N+](=O)[O-])c2)c1. The number of thioether (sulfide) groups is 1. The average Bonchev–Trinajstić information content (AvgIpc) is 3.51. The first kappa shape index (κ1) is 27.5. The number of rotatable bonds is 7. The van der Waals surface area contributed by atoms with Crippen LogP contribution >= 0.6 is 34.7 Å². The number of aliphatic hydroxyl groups is 1. The summed E-state index contributed by atoms with van der Waals surface area (Å²) in [5, 5.41) is 32.1. The van der Waals surface area contributed by atoms with Crippen molar-refractivity contribution < 1.29 is 19.6 Å². The summed E-state index contributed by atoms with van der Waals surface area (Å²) in [6.45, 7) is 3.62. The highest BCUT2D eigenvalue weighted by Gasteiger charge is 2.48. The van der Waals surface area contributed by atoms with Gasteiger partial charge in [0.05, 0.1) is 16.5 Å². The maximum absolute atomic E-state index is 13.4. The number of hydrogen-bond donors (Lipinski definition) is 1. The molecule has 9 nitrogen and oxygen atoms in total. The van der Waals surface area contributed by atoms with Crippen LogP contribution in [-0.4, -0.2) is 31.9 Å². The Labute approximate surface area is 242 Å². The lowest BCUT2D eigenvalue weighted by atomic mass is 9.93. The fraction of sp³-hybridized carbons (Fsp3) is 0.143. The zero-order chi connectivity index (χ0) is 28.6. The van der Waals surface area contributed by atoms with Gasteiger partial charge in [0.25, 0.3) is 11.5 Å². The summed E-state index contributed by atoms with van der Waals surface area (Å²) in [7, 11) is 0. The third-order valence-corrected chi connectivity index (χ3v) is 8.75. The maximum atomic E-state index is 13.4. The van der Waals surface area contributed by atoms with Crippen molar-refractivity contribution in [1.29, 1.82) is 0 Å². The number of aliphatic hydroxyl groups excluding tert-OH is 1. The molecule has 1 aliphatic heterocycles. The van der Waals surface area contributed by atoms with Gasteiger partial charge in [-0.2, -0.15) is 0 Å². The predicted molar refractivity (Wildman–Crippen MR) is 155 cm³/mol. The van der Waals surface area contributed by atoms with Gasteiger partial charge in [0.1, 0.15) is 5.76 Å². The van der Waals surface area contributed by atoms with Crippen molar-refractivity contribution in [2.45, 2.75) is 30.0 Å². The van der Waals surface area contributed by atoms with Crippen LogP contribution in [0.5, 0.6) is 0 Å². The van der Waals surface area contributed by atoms with E-state index in [2.05, 4.69) is 10.2 Å². The molecule has 1 unspecified atom stereocenters. The van der Waals surface area contributed by atoms with Crippen LogP contribution in [0.3, 0.4) is 0 Å². The van der Waals surface area contributed by atoms with E-state index in [0.717, 1.165) is 27.4 Å². The number of nitro groups is 1. The maximum Gasteiger partial charge on any atom is 0.301 e. The average molecular weight is 593 g/mol. The van der Waals surface area contributed by atoms with Crippen molar-refractivity contribution in [2.24, 2.45) is 0 Å². The zero-order valence-electron chi connectivity index (χ0n) is 21.2. The number of anilines is 1. The van der Waals surface area contributed by atoms with Gasteiger partial charge in [-0.3, -0.25) is 24.6 Å². The molecule has 202 valence electrons. The summed E-state index contributed by atoms with van der Waals surface area (Å²) in [6.07, 6.45) is 0. The first-order valence-electron chi connectivity index (χ1n) is 12.0. The highest BCUT2D eigenvalue weighted by Crippen LogP contribution is 2.45. The second-order valence-corrected chi connectivity index (χ2v) is 11.7. The summed E-state index contributed by atoms with van der Waals surface area (Å²) in [6, 6.07) is 17.3. The Bertz CT molecular complexity index is 1690. The van der Waals surface area contributed by atoms with Gasteiger partial charge in [-0.1, -0.05) is 76.7 Å². The Morgan fingerprint density at radius 3 is 2.58 bits per heavy atom. The van der Waals surface area contributed by atoms with E-state index >= 15 is 0 Å². The molecular formula is C28H21ClN4O5S2. The van der Waals surface area contributed by atoms with Gasteiger partial charge in [-0.15, -0.1) is 10.2 Å². The zero-order valence-corrected chi connectivity index (χ0v) is 23.6. The topological polar surface area (TPSA) is 127 Å². The number of aromatic nitrogens is 2. The molecule has 2 heterocycles. The number of non-ortho nitro benzene ring substituents is 1. The highest BCUT2D eigenvalue weighted by molar-refractivity contribution is 8.00. The third-order valence-electron chi connectivity index (χ3n) is 6.37. The molecule has 40 heavy (non-hydrogen) atoms. The predicted octanol–water partition coefficient (Wildman–Crippen LogP) is 6.64. The number of carbonyl (C=O) groups is 2. The van der Waals surface area contributed by atoms with Crippen molar-refractivity contribution in [2.75, 3.05) is 4.90 Å². The lowest BCUT2D eigenvalue weighted by molar-refractivity contribution is -0.384. The molecule has 0 radical (unpaired) electrons. The first-order chi connectivity index (χ1) is 19.1. The van der Waals surface area contributed by atoms with Crippen molar-refractivity contribution in [3.63, 3.8) is 0 Å². The van der Waals surface area contributed by atoms with E-state index < -0.39 is 22.7 Å². The lowest BCUT2D eigenvalue weighted by Crippen LogP contribution is -2.29. The number of Topliss-reactive ketones (excluding diaryl/α,β-unsaturated/α-hetero) is 1. The van der Waals surface area contributed by atoms with Crippen molar-refractivity contribution in [3.05, 3.63) is 115 Å². The summed E-state index contributed by atoms with van der Waals surface area (Å²) in [5.74, 6) is -1.61. The van der Waals surface area contributed by atoms with Gasteiger partial charge in [0.2, 0.25) is 5.13 Å². The standard InChI is InChI=1S/C28H21ClN4O5S2/c1-15-6-7-16(2)21(12-15)24(34)22-23(18-4-3-5-20(13-18)33(37)38)32(26(36)25(22)35)27-30-31-28(40-27)39-14-17-8-10-19(29)11-9-17/h3-13,23,34H,14H2,1-2H3. The van der Waals surface area contributed by atoms with Crippen LogP contribution in [0.15, 0.2) is 76.6 Å². The van der Waals surface area contributed by atoms with Gasteiger partial charge in [-0.05, 0) is 48.7 Å². The summed E-state index contributed by atoms with van der Waals surface area (Å²) in [4.78, 5) is 39.0. The van der Waals surface area contributed by atoms with Crippen LogP contribution in [0.1, 0.15) is 33.9 Å². The molecule has 1 aromatic heterocycles. The molecular weight excluding hydrogens is 572 g/mol.